The first kappa shape index (κ1) is 30.6. The van der Waals surface area contributed by atoms with Gasteiger partial charge in [-0.05, 0) is 70.7 Å². The number of hydrogen-bond donors (Lipinski definition) is 0. The summed E-state index contributed by atoms with van der Waals surface area (Å²) in [7, 11) is -4.22. The summed E-state index contributed by atoms with van der Waals surface area (Å²) in [5.41, 5.74) is 3.67. The lowest BCUT2D eigenvalue weighted by atomic mass is 10.0. The van der Waals surface area contributed by atoms with Crippen molar-refractivity contribution >= 4 is 24.2 Å². The molecule has 0 saturated carbocycles. The topological polar surface area (TPSA) is 96.0 Å². The molecular formula is C29H39O7P. The Morgan fingerprint density at radius 2 is 1.08 bits per heavy atom. The Morgan fingerprint density at radius 3 is 1.51 bits per heavy atom. The molecule has 0 heterocycles. The minimum Gasteiger partial charge on any atom is -0.463 e. The second kappa shape index (κ2) is 13.8. The number of benzene rings is 2. The van der Waals surface area contributed by atoms with Crippen LogP contribution in [0, 0.1) is 41.5 Å². The van der Waals surface area contributed by atoms with E-state index in [2.05, 4.69) is 0 Å². The Balaban J connectivity index is 2.31. The molecule has 0 radical (unpaired) electrons. The van der Waals surface area contributed by atoms with Crippen LogP contribution < -0.4 is 0 Å². The van der Waals surface area contributed by atoms with E-state index >= 15 is 0 Å². The molecule has 0 aromatic heterocycles. The maximum absolute atomic E-state index is 14.4. The summed E-state index contributed by atoms with van der Waals surface area (Å²) in [4.78, 5) is 40.2. The lowest BCUT2D eigenvalue weighted by Gasteiger charge is -2.21. The maximum atomic E-state index is 14.4. The Kier molecular flexibility index (Phi) is 11.4. The van der Waals surface area contributed by atoms with Crippen LogP contribution in [0.5, 0.6) is 0 Å². The van der Waals surface area contributed by atoms with E-state index in [0.29, 0.717) is 42.1 Å². The lowest BCUT2D eigenvalue weighted by Crippen LogP contribution is -2.20. The van der Waals surface area contributed by atoms with E-state index in [1.165, 1.54) is 0 Å². The average Bonchev–Trinajstić information content (AvgIpc) is 2.80. The van der Waals surface area contributed by atoms with Crippen LogP contribution in [-0.4, -0.2) is 56.2 Å². The summed E-state index contributed by atoms with van der Waals surface area (Å²) in [5, 5.41) is 0. The predicted molar refractivity (Wildman–Crippen MR) is 145 cm³/mol. The first-order chi connectivity index (χ1) is 17.4. The molecule has 0 atom stereocenters. The van der Waals surface area contributed by atoms with Crippen LogP contribution in [0.25, 0.3) is 0 Å². The van der Waals surface area contributed by atoms with Crippen LogP contribution in [0.4, 0.5) is 0 Å². The monoisotopic (exact) mass is 530 g/mol. The van der Waals surface area contributed by atoms with Gasteiger partial charge in [-0.2, -0.15) is 0 Å². The molecule has 2 aromatic rings. The van der Waals surface area contributed by atoms with Crippen molar-refractivity contribution in [3.8, 4) is 0 Å². The van der Waals surface area contributed by atoms with Gasteiger partial charge in [0.15, 0.2) is 0 Å². The standard InChI is InChI=1S/C29H39O7P/c1-8-34-10-11-35-12-13-36-25(30)9-14-37(33,28(31)26-21(4)15-19(2)16-22(26)5)29(32)27-23(6)17-20(3)18-24(27)7/h15-18H,8-14H2,1-7H3. The molecule has 202 valence electrons. The molecule has 0 aliphatic rings. The molecule has 0 fully saturated rings. The van der Waals surface area contributed by atoms with E-state index in [-0.39, 0.29) is 30.8 Å². The highest BCUT2D eigenvalue weighted by Crippen LogP contribution is 2.54. The fourth-order valence-electron chi connectivity index (χ4n) is 4.59. The zero-order valence-corrected chi connectivity index (χ0v) is 24.0. The highest BCUT2D eigenvalue weighted by atomic mass is 31.2. The third-order valence-electron chi connectivity index (χ3n) is 6.14. The molecule has 0 unspecified atom stereocenters. The predicted octanol–water partition coefficient (Wildman–Crippen LogP) is 5.87. The SMILES string of the molecule is CCOCCOCCOC(=O)CCP(=O)(C(=O)c1c(C)cc(C)cc1C)C(=O)c1c(C)cc(C)cc1C. The van der Waals surface area contributed by atoms with E-state index in [1.807, 2.05) is 45.0 Å². The fourth-order valence-corrected chi connectivity index (χ4v) is 7.11. The second-order valence-electron chi connectivity index (χ2n) is 9.40. The number of aryl methyl sites for hydroxylation is 6. The summed E-state index contributed by atoms with van der Waals surface area (Å²) < 4.78 is 30.1. The molecule has 37 heavy (non-hydrogen) atoms. The molecule has 0 bridgehead atoms. The van der Waals surface area contributed by atoms with E-state index in [1.54, 1.807) is 27.7 Å². The van der Waals surface area contributed by atoms with Gasteiger partial charge in [0.1, 0.15) is 6.61 Å². The van der Waals surface area contributed by atoms with Gasteiger partial charge in [-0.15, -0.1) is 0 Å². The summed E-state index contributed by atoms with van der Waals surface area (Å²) in [6, 6.07) is 7.32. The van der Waals surface area contributed by atoms with Crippen molar-refractivity contribution in [3.05, 3.63) is 68.8 Å². The van der Waals surface area contributed by atoms with Gasteiger partial charge in [0.2, 0.25) is 18.2 Å². The maximum Gasteiger partial charge on any atom is 0.306 e. The number of rotatable bonds is 14. The van der Waals surface area contributed by atoms with Crippen molar-refractivity contribution in [2.75, 3.05) is 39.2 Å². The summed E-state index contributed by atoms with van der Waals surface area (Å²) in [6.07, 6.45) is -0.712. The van der Waals surface area contributed by atoms with Crippen molar-refractivity contribution in [2.24, 2.45) is 0 Å². The van der Waals surface area contributed by atoms with Gasteiger partial charge in [0, 0.05) is 23.9 Å². The Labute approximate surface area is 220 Å². The quantitative estimate of drug-likeness (QED) is 0.171. The molecular weight excluding hydrogens is 491 g/mol. The molecule has 0 amide bonds. The van der Waals surface area contributed by atoms with Gasteiger partial charge in [-0.1, -0.05) is 35.4 Å². The molecule has 0 aliphatic carbocycles. The van der Waals surface area contributed by atoms with Crippen molar-refractivity contribution in [1.82, 2.24) is 0 Å². The van der Waals surface area contributed by atoms with Gasteiger partial charge in [0.25, 0.3) is 0 Å². The van der Waals surface area contributed by atoms with Crippen LogP contribution in [0.3, 0.4) is 0 Å². The normalized spacial score (nSPS) is 11.4. The highest BCUT2D eigenvalue weighted by Gasteiger charge is 2.43. The van der Waals surface area contributed by atoms with E-state index in [0.717, 1.165) is 11.1 Å². The Morgan fingerprint density at radius 1 is 0.676 bits per heavy atom. The van der Waals surface area contributed by atoms with Crippen molar-refractivity contribution in [3.63, 3.8) is 0 Å². The third-order valence-corrected chi connectivity index (χ3v) is 8.75. The smallest absolute Gasteiger partial charge is 0.306 e. The van der Waals surface area contributed by atoms with Crippen molar-refractivity contribution < 1.29 is 33.2 Å². The van der Waals surface area contributed by atoms with Crippen LogP contribution in [-0.2, 0) is 23.6 Å². The van der Waals surface area contributed by atoms with Crippen molar-refractivity contribution in [2.45, 2.75) is 54.9 Å². The fraction of sp³-hybridized carbons (Fsp3) is 0.483. The zero-order chi connectivity index (χ0) is 27.8. The molecule has 7 nitrogen and oxygen atoms in total. The molecule has 0 spiro atoms. The van der Waals surface area contributed by atoms with E-state index in [9.17, 15) is 18.9 Å². The summed E-state index contributed by atoms with van der Waals surface area (Å²) in [5.74, 6) is -0.635. The van der Waals surface area contributed by atoms with Gasteiger partial charge in [-0.3, -0.25) is 14.4 Å². The van der Waals surface area contributed by atoms with Crippen LogP contribution in [0.15, 0.2) is 24.3 Å². The van der Waals surface area contributed by atoms with Gasteiger partial charge >= 0.3 is 5.97 Å². The third kappa shape index (κ3) is 7.94. The number of hydrogen-bond acceptors (Lipinski definition) is 7. The molecule has 0 saturated heterocycles. The van der Waals surface area contributed by atoms with Gasteiger partial charge in [-0.25, -0.2) is 0 Å². The first-order valence-electron chi connectivity index (χ1n) is 12.6. The molecule has 2 rings (SSSR count). The largest absolute Gasteiger partial charge is 0.463 e. The second-order valence-corrected chi connectivity index (χ2v) is 12.1. The number of carbonyl (C=O) groups is 3. The molecule has 8 heteroatoms. The molecule has 0 aliphatic heterocycles. The summed E-state index contributed by atoms with van der Waals surface area (Å²) >= 11 is 0. The van der Waals surface area contributed by atoms with E-state index < -0.39 is 30.3 Å². The number of esters is 1. The minimum absolute atomic E-state index is 0.0174. The van der Waals surface area contributed by atoms with Gasteiger partial charge < -0.3 is 18.8 Å². The highest BCUT2D eigenvalue weighted by molar-refractivity contribution is 7.95. The minimum atomic E-state index is -4.22. The van der Waals surface area contributed by atoms with Crippen LogP contribution in [0.2, 0.25) is 0 Å². The van der Waals surface area contributed by atoms with E-state index in [4.69, 9.17) is 14.2 Å². The Hall–Kier alpha value is -2.60. The average molecular weight is 531 g/mol. The van der Waals surface area contributed by atoms with Gasteiger partial charge in [0.05, 0.1) is 26.2 Å². The van der Waals surface area contributed by atoms with Crippen LogP contribution in [0.1, 0.15) is 67.4 Å². The first-order valence-corrected chi connectivity index (χ1v) is 14.5. The van der Waals surface area contributed by atoms with Crippen molar-refractivity contribution in [1.29, 1.82) is 0 Å². The number of carbonyl (C=O) groups excluding carboxylic acids is 3. The summed E-state index contributed by atoms with van der Waals surface area (Å²) in [6.45, 7) is 14.4. The molecule has 2 aromatic carbocycles. The number of ether oxygens (including phenoxy) is 3. The zero-order valence-electron chi connectivity index (χ0n) is 23.1. The Bertz CT molecular complexity index is 1080. The lowest BCUT2D eigenvalue weighted by molar-refractivity contribution is -0.144. The van der Waals surface area contributed by atoms with Crippen LogP contribution >= 0.6 is 7.14 Å². The molecule has 0 N–H and O–H groups in total.